The van der Waals surface area contributed by atoms with Gasteiger partial charge in [-0.3, -0.25) is 0 Å². The molecule has 0 spiro atoms. The maximum atomic E-state index is 5.78. The molecule has 0 aliphatic rings. The maximum Gasteiger partial charge on any atom is 0.266 e. The molecule has 0 atom stereocenters. The smallest absolute Gasteiger partial charge is 0.266 e. The number of nitrogens with zero attached hydrogens (tertiary/aromatic N) is 3. The average Bonchev–Trinajstić information content (AvgIpc) is 3.05. The summed E-state index contributed by atoms with van der Waals surface area (Å²) in [7, 11) is 0. The Balaban J connectivity index is 1.73. The Kier molecular flexibility index (Phi) is 3.15. The van der Waals surface area contributed by atoms with E-state index in [9.17, 15) is 0 Å². The van der Waals surface area contributed by atoms with E-state index in [-0.39, 0.29) is 0 Å². The summed E-state index contributed by atoms with van der Waals surface area (Å²) in [5.74, 6) is 0.939. The van der Waals surface area contributed by atoms with E-state index in [1.807, 2.05) is 55.5 Å². The molecule has 0 unspecified atom stereocenters. The minimum atomic E-state index is 0.433. The molecule has 23 heavy (non-hydrogen) atoms. The van der Waals surface area contributed by atoms with Crippen molar-refractivity contribution in [2.45, 2.75) is 13.8 Å². The molecule has 0 amide bonds. The number of hydrogen-bond acceptors (Lipinski definition) is 4. The van der Waals surface area contributed by atoms with Gasteiger partial charge < -0.3 is 4.42 Å². The Morgan fingerprint density at radius 1 is 0.739 bits per heavy atom. The zero-order valence-corrected chi connectivity index (χ0v) is 12.9. The average molecular weight is 301 g/mol. The van der Waals surface area contributed by atoms with Crippen molar-refractivity contribution in [2.24, 2.45) is 0 Å². The van der Waals surface area contributed by atoms with Gasteiger partial charge in [0.25, 0.3) is 5.89 Å². The first-order valence-electron chi connectivity index (χ1n) is 7.47. The second kappa shape index (κ2) is 5.32. The quantitative estimate of drug-likeness (QED) is 0.544. The van der Waals surface area contributed by atoms with Crippen molar-refractivity contribution in [1.82, 2.24) is 15.2 Å². The number of pyridine rings is 1. The standard InChI is InChI=1S/C19H15N3O/c1-12-3-6-14(7-4-12)18-21-22-19(23-18)17-10-8-15-11-13(2)5-9-16(15)20-17/h3-11H,1-2H3. The monoisotopic (exact) mass is 301 g/mol. The van der Waals surface area contributed by atoms with Crippen LogP contribution in [-0.4, -0.2) is 15.2 Å². The molecule has 0 aliphatic carbocycles. The maximum absolute atomic E-state index is 5.78. The van der Waals surface area contributed by atoms with Crippen molar-refractivity contribution in [3.63, 3.8) is 0 Å². The highest BCUT2D eigenvalue weighted by Crippen LogP contribution is 2.24. The Morgan fingerprint density at radius 2 is 1.48 bits per heavy atom. The number of aromatic nitrogens is 3. The molecule has 2 aromatic carbocycles. The summed E-state index contributed by atoms with van der Waals surface area (Å²) >= 11 is 0. The fraction of sp³-hybridized carbons (Fsp3) is 0.105. The van der Waals surface area contributed by atoms with E-state index in [1.54, 1.807) is 0 Å². The third-order valence-corrected chi connectivity index (χ3v) is 3.79. The van der Waals surface area contributed by atoms with E-state index in [0.717, 1.165) is 16.5 Å². The van der Waals surface area contributed by atoms with Crippen molar-refractivity contribution in [3.8, 4) is 23.0 Å². The van der Waals surface area contributed by atoms with Crippen LogP contribution in [0.25, 0.3) is 33.9 Å². The molecule has 4 heteroatoms. The van der Waals surface area contributed by atoms with E-state index >= 15 is 0 Å². The highest BCUT2D eigenvalue weighted by molar-refractivity contribution is 5.81. The van der Waals surface area contributed by atoms with Gasteiger partial charge in [0, 0.05) is 10.9 Å². The van der Waals surface area contributed by atoms with Gasteiger partial charge in [-0.15, -0.1) is 10.2 Å². The molecule has 0 N–H and O–H groups in total. The van der Waals surface area contributed by atoms with Gasteiger partial charge >= 0.3 is 0 Å². The van der Waals surface area contributed by atoms with Crippen LogP contribution in [-0.2, 0) is 0 Å². The summed E-state index contributed by atoms with van der Waals surface area (Å²) in [5, 5.41) is 9.36. The summed E-state index contributed by atoms with van der Waals surface area (Å²) in [6, 6.07) is 18.1. The first-order chi connectivity index (χ1) is 11.2. The summed E-state index contributed by atoms with van der Waals surface area (Å²) in [4.78, 5) is 4.61. The predicted molar refractivity (Wildman–Crippen MR) is 89.9 cm³/mol. The van der Waals surface area contributed by atoms with E-state index in [1.165, 1.54) is 11.1 Å². The van der Waals surface area contributed by atoms with E-state index in [4.69, 9.17) is 4.42 Å². The molecule has 0 bridgehead atoms. The largest absolute Gasteiger partial charge is 0.415 e. The van der Waals surface area contributed by atoms with Crippen LogP contribution in [0.15, 0.2) is 59.0 Å². The normalized spacial score (nSPS) is 11.0. The van der Waals surface area contributed by atoms with Gasteiger partial charge in [-0.2, -0.15) is 0 Å². The zero-order chi connectivity index (χ0) is 15.8. The molecule has 112 valence electrons. The van der Waals surface area contributed by atoms with Crippen LogP contribution in [0.1, 0.15) is 11.1 Å². The highest BCUT2D eigenvalue weighted by Gasteiger charge is 2.12. The SMILES string of the molecule is Cc1ccc(-c2nnc(-c3ccc4cc(C)ccc4n3)o2)cc1. The van der Waals surface area contributed by atoms with Crippen LogP contribution in [0.2, 0.25) is 0 Å². The molecular weight excluding hydrogens is 286 g/mol. The lowest BCUT2D eigenvalue weighted by Crippen LogP contribution is -1.86. The molecule has 4 aromatic rings. The Labute approximate surface area is 133 Å². The first kappa shape index (κ1) is 13.6. The summed E-state index contributed by atoms with van der Waals surface area (Å²) in [5.41, 5.74) is 4.92. The van der Waals surface area contributed by atoms with Crippen LogP contribution in [0, 0.1) is 13.8 Å². The van der Waals surface area contributed by atoms with Gasteiger partial charge in [0.1, 0.15) is 5.69 Å². The van der Waals surface area contributed by atoms with E-state index < -0.39 is 0 Å². The molecule has 0 aliphatic heterocycles. The number of fused-ring (bicyclic) bond motifs is 1. The third-order valence-electron chi connectivity index (χ3n) is 3.79. The van der Waals surface area contributed by atoms with Gasteiger partial charge in [-0.05, 0) is 44.2 Å². The molecule has 2 heterocycles. The number of aryl methyl sites for hydroxylation is 2. The van der Waals surface area contributed by atoms with Crippen LogP contribution >= 0.6 is 0 Å². The highest BCUT2D eigenvalue weighted by atomic mass is 16.4. The number of benzene rings is 2. The zero-order valence-electron chi connectivity index (χ0n) is 12.9. The van der Waals surface area contributed by atoms with E-state index in [2.05, 4.69) is 28.2 Å². The minimum absolute atomic E-state index is 0.433. The lowest BCUT2D eigenvalue weighted by molar-refractivity contribution is 0.582. The van der Waals surface area contributed by atoms with Crippen LogP contribution in [0.4, 0.5) is 0 Å². The molecule has 0 saturated carbocycles. The number of hydrogen-bond donors (Lipinski definition) is 0. The van der Waals surface area contributed by atoms with Gasteiger partial charge in [0.05, 0.1) is 5.52 Å². The topological polar surface area (TPSA) is 51.8 Å². The van der Waals surface area contributed by atoms with Crippen LogP contribution in [0.5, 0.6) is 0 Å². The Morgan fingerprint density at radius 3 is 2.30 bits per heavy atom. The molecule has 0 saturated heterocycles. The first-order valence-corrected chi connectivity index (χ1v) is 7.47. The number of rotatable bonds is 2. The molecule has 4 nitrogen and oxygen atoms in total. The van der Waals surface area contributed by atoms with E-state index in [0.29, 0.717) is 17.5 Å². The molecule has 0 fully saturated rings. The van der Waals surface area contributed by atoms with Gasteiger partial charge in [-0.1, -0.05) is 35.4 Å². The van der Waals surface area contributed by atoms with Gasteiger partial charge in [-0.25, -0.2) is 4.98 Å². The molecule has 4 rings (SSSR count). The van der Waals surface area contributed by atoms with Gasteiger partial charge in [0.2, 0.25) is 5.89 Å². The fourth-order valence-electron chi connectivity index (χ4n) is 2.50. The molecule has 2 aromatic heterocycles. The van der Waals surface area contributed by atoms with Crippen molar-refractivity contribution in [3.05, 3.63) is 65.7 Å². The van der Waals surface area contributed by atoms with Crippen molar-refractivity contribution < 1.29 is 4.42 Å². The fourth-order valence-corrected chi connectivity index (χ4v) is 2.50. The molecule has 0 radical (unpaired) electrons. The predicted octanol–water partition coefficient (Wildman–Crippen LogP) is 4.57. The second-order valence-corrected chi connectivity index (χ2v) is 5.67. The van der Waals surface area contributed by atoms with Crippen molar-refractivity contribution in [2.75, 3.05) is 0 Å². The van der Waals surface area contributed by atoms with Crippen molar-refractivity contribution >= 4 is 10.9 Å². The van der Waals surface area contributed by atoms with Crippen molar-refractivity contribution in [1.29, 1.82) is 0 Å². The van der Waals surface area contributed by atoms with Gasteiger partial charge in [0.15, 0.2) is 0 Å². The third kappa shape index (κ3) is 2.59. The van der Waals surface area contributed by atoms with Crippen LogP contribution in [0.3, 0.4) is 0 Å². The lowest BCUT2D eigenvalue weighted by atomic mass is 10.1. The Hall–Kier alpha value is -3.01. The lowest BCUT2D eigenvalue weighted by Gasteiger charge is -2.00. The summed E-state index contributed by atoms with van der Waals surface area (Å²) in [6.07, 6.45) is 0. The summed E-state index contributed by atoms with van der Waals surface area (Å²) < 4.78 is 5.78. The van der Waals surface area contributed by atoms with Crippen LogP contribution < -0.4 is 0 Å². The second-order valence-electron chi connectivity index (χ2n) is 5.67. The minimum Gasteiger partial charge on any atom is -0.415 e. The summed E-state index contributed by atoms with van der Waals surface area (Å²) in [6.45, 7) is 4.11. The molecular formula is C19H15N3O. The Bertz CT molecular complexity index is 987.